The van der Waals surface area contributed by atoms with Crippen molar-refractivity contribution in [2.75, 3.05) is 7.11 Å². The number of H-pyrrole nitrogens is 1. The van der Waals surface area contributed by atoms with Crippen molar-refractivity contribution in [1.29, 1.82) is 0 Å². The van der Waals surface area contributed by atoms with Gasteiger partial charge in [0.15, 0.2) is 0 Å². The highest BCUT2D eigenvalue weighted by Crippen LogP contribution is 2.11. The van der Waals surface area contributed by atoms with Gasteiger partial charge in [0.2, 0.25) is 10.0 Å². The highest BCUT2D eigenvalue weighted by molar-refractivity contribution is 7.89. The number of hydrogen-bond acceptors (Lipinski definition) is 5. The molecule has 2 N–H and O–H groups in total. The molecule has 0 radical (unpaired) electrons. The van der Waals surface area contributed by atoms with Gasteiger partial charge in [0.1, 0.15) is 5.82 Å². The number of carbonyl (C=O) groups excluding carboxylic acids is 1. The van der Waals surface area contributed by atoms with Gasteiger partial charge in [0.05, 0.1) is 25.0 Å². The summed E-state index contributed by atoms with van der Waals surface area (Å²) in [4.78, 5) is 18.0. The first-order valence-electron chi connectivity index (χ1n) is 6.15. The van der Waals surface area contributed by atoms with Gasteiger partial charge in [0, 0.05) is 12.4 Å². The van der Waals surface area contributed by atoms with Gasteiger partial charge in [-0.2, -0.15) is 0 Å². The molecule has 0 saturated carbocycles. The van der Waals surface area contributed by atoms with Crippen LogP contribution in [0.4, 0.5) is 0 Å². The van der Waals surface area contributed by atoms with Crippen LogP contribution in [0.25, 0.3) is 0 Å². The Morgan fingerprint density at radius 3 is 2.62 bits per heavy atom. The molecule has 8 heteroatoms. The van der Waals surface area contributed by atoms with E-state index in [-0.39, 0.29) is 23.8 Å². The Kier molecular flexibility index (Phi) is 4.71. The fraction of sp³-hybridized carbons (Fsp3) is 0.231. The summed E-state index contributed by atoms with van der Waals surface area (Å²) in [6.07, 6.45) is 3.27. The molecule has 0 fully saturated rings. The van der Waals surface area contributed by atoms with Crippen molar-refractivity contribution in [1.82, 2.24) is 14.7 Å². The van der Waals surface area contributed by atoms with Crippen LogP contribution in [0.3, 0.4) is 0 Å². The van der Waals surface area contributed by atoms with Crippen LogP contribution < -0.4 is 4.72 Å². The van der Waals surface area contributed by atoms with E-state index in [1.54, 1.807) is 24.5 Å². The molecule has 0 saturated heterocycles. The lowest BCUT2D eigenvalue weighted by molar-refractivity contribution is -0.139. The zero-order chi connectivity index (χ0) is 15.3. The van der Waals surface area contributed by atoms with E-state index in [1.807, 2.05) is 0 Å². The van der Waals surface area contributed by atoms with Gasteiger partial charge in [-0.15, -0.1) is 0 Å². The van der Waals surface area contributed by atoms with E-state index in [4.69, 9.17) is 0 Å². The summed E-state index contributed by atoms with van der Waals surface area (Å²) in [6.45, 7) is 0.0826. The Hall–Kier alpha value is -2.19. The van der Waals surface area contributed by atoms with Crippen LogP contribution in [-0.2, 0) is 32.5 Å². The Labute approximate surface area is 122 Å². The third-order valence-corrected chi connectivity index (χ3v) is 4.21. The van der Waals surface area contributed by atoms with E-state index in [9.17, 15) is 13.2 Å². The summed E-state index contributed by atoms with van der Waals surface area (Å²) < 4.78 is 31.1. The maximum absolute atomic E-state index is 12.1. The SMILES string of the molecule is COC(=O)Cc1ccc(S(=O)(=O)NCc2ncc[nH]2)cc1. The van der Waals surface area contributed by atoms with Gasteiger partial charge in [0.25, 0.3) is 0 Å². The van der Waals surface area contributed by atoms with Gasteiger partial charge < -0.3 is 9.72 Å². The first-order valence-corrected chi connectivity index (χ1v) is 7.63. The maximum atomic E-state index is 12.1. The molecule has 1 heterocycles. The summed E-state index contributed by atoms with van der Waals surface area (Å²) in [6, 6.07) is 6.06. The lowest BCUT2D eigenvalue weighted by Crippen LogP contribution is -2.23. The highest BCUT2D eigenvalue weighted by atomic mass is 32.2. The molecule has 0 aliphatic heterocycles. The van der Waals surface area contributed by atoms with Crippen LogP contribution in [0.1, 0.15) is 11.4 Å². The van der Waals surface area contributed by atoms with Crippen LogP contribution in [-0.4, -0.2) is 31.5 Å². The molecule has 0 aliphatic carbocycles. The topological polar surface area (TPSA) is 101 Å². The Morgan fingerprint density at radius 1 is 1.33 bits per heavy atom. The number of esters is 1. The molecule has 1 aromatic carbocycles. The molecule has 0 unspecified atom stereocenters. The minimum Gasteiger partial charge on any atom is -0.469 e. The second-order valence-electron chi connectivity index (χ2n) is 4.26. The third-order valence-electron chi connectivity index (χ3n) is 2.79. The van der Waals surface area contributed by atoms with Crippen molar-refractivity contribution in [3.05, 3.63) is 48.0 Å². The number of nitrogens with zero attached hydrogens (tertiary/aromatic N) is 1. The molecule has 0 spiro atoms. The molecule has 0 amide bonds. The van der Waals surface area contributed by atoms with Crippen molar-refractivity contribution in [2.24, 2.45) is 0 Å². The Bertz CT molecular complexity index is 694. The average molecular weight is 309 g/mol. The van der Waals surface area contributed by atoms with Crippen molar-refractivity contribution in [3.63, 3.8) is 0 Å². The molecule has 0 aliphatic rings. The third kappa shape index (κ3) is 4.14. The number of rotatable bonds is 6. The predicted molar refractivity (Wildman–Crippen MR) is 74.8 cm³/mol. The Morgan fingerprint density at radius 2 is 2.05 bits per heavy atom. The van der Waals surface area contributed by atoms with E-state index in [1.165, 1.54) is 19.2 Å². The number of sulfonamides is 1. The van der Waals surface area contributed by atoms with Crippen molar-refractivity contribution in [3.8, 4) is 0 Å². The zero-order valence-electron chi connectivity index (χ0n) is 11.4. The summed E-state index contributed by atoms with van der Waals surface area (Å²) in [7, 11) is -2.31. The van der Waals surface area contributed by atoms with Crippen LogP contribution in [0.2, 0.25) is 0 Å². The number of aromatic amines is 1. The van der Waals surface area contributed by atoms with Crippen LogP contribution in [0.15, 0.2) is 41.6 Å². The van der Waals surface area contributed by atoms with Gasteiger partial charge in [-0.05, 0) is 17.7 Å². The number of ether oxygens (including phenoxy) is 1. The maximum Gasteiger partial charge on any atom is 0.309 e. The van der Waals surface area contributed by atoms with Crippen molar-refractivity contribution >= 4 is 16.0 Å². The van der Waals surface area contributed by atoms with E-state index >= 15 is 0 Å². The number of imidazole rings is 1. The monoisotopic (exact) mass is 309 g/mol. The molecule has 112 valence electrons. The molecule has 1 aromatic heterocycles. The fourth-order valence-electron chi connectivity index (χ4n) is 1.67. The number of nitrogens with one attached hydrogen (secondary N) is 2. The smallest absolute Gasteiger partial charge is 0.309 e. The summed E-state index contributed by atoms with van der Waals surface area (Å²) in [5.41, 5.74) is 0.687. The van der Waals surface area contributed by atoms with Gasteiger partial charge in [-0.1, -0.05) is 12.1 Å². The van der Waals surface area contributed by atoms with Crippen LogP contribution >= 0.6 is 0 Å². The second-order valence-corrected chi connectivity index (χ2v) is 6.02. The minimum atomic E-state index is -3.61. The largest absolute Gasteiger partial charge is 0.469 e. The van der Waals surface area contributed by atoms with E-state index < -0.39 is 10.0 Å². The van der Waals surface area contributed by atoms with E-state index in [0.717, 1.165) is 0 Å². The number of methoxy groups -OCH3 is 1. The van der Waals surface area contributed by atoms with Gasteiger partial charge in [-0.25, -0.2) is 18.1 Å². The number of hydrogen-bond donors (Lipinski definition) is 2. The Balaban J connectivity index is 2.04. The van der Waals surface area contributed by atoms with Crippen LogP contribution in [0.5, 0.6) is 0 Å². The lowest BCUT2D eigenvalue weighted by Gasteiger charge is -2.06. The normalized spacial score (nSPS) is 11.3. The molecule has 0 atom stereocenters. The summed E-state index contributed by atoms with van der Waals surface area (Å²) in [5.74, 6) is 0.155. The quantitative estimate of drug-likeness (QED) is 0.761. The summed E-state index contributed by atoms with van der Waals surface area (Å²) in [5, 5.41) is 0. The van der Waals surface area contributed by atoms with Crippen molar-refractivity contribution < 1.29 is 17.9 Å². The first kappa shape index (κ1) is 15.2. The van der Waals surface area contributed by atoms with Crippen LogP contribution in [0, 0.1) is 0 Å². The number of aromatic nitrogens is 2. The fourth-order valence-corrected chi connectivity index (χ4v) is 2.65. The molecule has 2 aromatic rings. The molecule has 0 bridgehead atoms. The van der Waals surface area contributed by atoms with Crippen molar-refractivity contribution in [2.45, 2.75) is 17.9 Å². The number of carbonyl (C=O) groups is 1. The second kappa shape index (κ2) is 6.51. The lowest BCUT2D eigenvalue weighted by atomic mass is 10.2. The molecule has 21 heavy (non-hydrogen) atoms. The number of benzene rings is 1. The predicted octanol–water partition coefficient (Wildman–Crippen LogP) is 0.604. The average Bonchev–Trinajstić information content (AvgIpc) is 2.99. The van der Waals surface area contributed by atoms with Gasteiger partial charge in [-0.3, -0.25) is 4.79 Å². The highest BCUT2D eigenvalue weighted by Gasteiger charge is 2.14. The summed E-state index contributed by atoms with van der Waals surface area (Å²) >= 11 is 0. The van der Waals surface area contributed by atoms with E-state index in [0.29, 0.717) is 11.4 Å². The standard InChI is InChI=1S/C13H15N3O4S/c1-20-13(17)8-10-2-4-11(5-3-10)21(18,19)16-9-12-14-6-7-15-12/h2-7,16H,8-9H2,1H3,(H,14,15). The first-order chi connectivity index (χ1) is 10.0. The minimum absolute atomic E-state index is 0.0826. The van der Waals surface area contributed by atoms with Gasteiger partial charge >= 0.3 is 5.97 Å². The zero-order valence-corrected chi connectivity index (χ0v) is 12.2. The van der Waals surface area contributed by atoms with E-state index in [2.05, 4.69) is 19.4 Å². The molecule has 2 rings (SSSR count). The molecular formula is C13H15N3O4S. The molecule has 7 nitrogen and oxygen atoms in total. The molecular weight excluding hydrogens is 294 g/mol.